The summed E-state index contributed by atoms with van der Waals surface area (Å²) in [6, 6.07) is 20.2. The molecule has 0 saturated heterocycles. The smallest absolute Gasteiger partial charge is 0.646 e. The Kier molecular flexibility index (Phi) is 7.20. The van der Waals surface area contributed by atoms with Gasteiger partial charge in [-0.3, -0.25) is 0 Å². The summed E-state index contributed by atoms with van der Waals surface area (Å²) in [5, 5.41) is 4.47. The van der Waals surface area contributed by atoms with E-state index < -0.39 is 0 Å². The number of carbonyl (C=O) groups is 1. The zero-order valence-corrected chi connectivity index (χ0v) is 18.9. The zero-order valence-electron chi connectivity index (χ0n) is 18.1. The van der Waals surface area contributed by atoms with Crippen LogP contribution in [0.3, 0.4) is 0 Å². The number of hydrogen-bond donors (Lipinski definition) is 0. The SMILES string of the molecule is O=C([N-]C1CCCCC1)c1ccc2c(c1)N=C(c1ccc(F)cc1)c1ccccc1S2.[Li+]. The Morgan fingerprint density at radius 2 is 1.69 bits per heavy atom. The summed E-state index contributed by atoms with van der Waals surface area (Å²) >= 11 is 1.63. The second kappa shape index (κ2) is 10.1. The summed E-state index contributed by atoms with van der Waals surface area (Å²) in [6.07, 6.45) is 5.51. The Morgan fingerprint density at radius 1 is 0.938 bits per heavy atom. The van der Waals surface area contributed by atoms with Crippen molar-refractivity contribution in [2.75, 3.05) is 0 Å². The molecule has 2 aliphatic rings. The molecule has 1 aliphatic heterocycles. The average Bonchev–Trinajstić information content (AvgIpc) is 2.96. The Morgan fingerprint density at radius 3 is 2.47 bits per heavy atom. The van der Waals surface area contributed by atoms with Gasteiger partial charge >= 0.3 is 18.9 Å². The van der Waals surface area contributed by atoms with Crippen LogP contribution < -0.4 is 18.9 Å². The molecule has 1 fully saturated rings. The number of fused-ring (bicyclic) bond motifs is 2. The largest absolute Gasteiger partial charge is 1.00 e. The number of carbonyl (C=O) groups excluding carboxylic acids is 1. The van der Waals surface area contributed by atoms with Crippen LogP contribution in [0.2, 0.25) is 0 Å². The van der Waals surface area contributed by atoms with Crippen LogP contribution in [0.15, 0.2) is 81.5 Å². The molecule has 3 nitrogen and oxygen atoms in total. The molecule has 156 valence electrons. The summed E-state index contributed by atoms with van der Waals surface area (Å²) in [6.45, 7) is 0. The number of halogens is 1. The normalized spacial score (nSPS) is 15.5. The van der Waals surface area contributed by atoms with Gasteiger partial charge in [0.05, 0.1) is 17.3 Å². The van der Waals surface area contributed by atoms with Gasteiger partial charge in [0.15, 0.2) is 0 Å². The van der Waals surface area contributed by atoms with Crippen molar-refractivity contribution in [2.45, 2.75) is 47.9 Å². The molecule has 32 heavy (non-hydrogen) atoms. The molecule has 0 aromatic heterocycles. The molecule has 0 atom stereocenters. The Hall–Kier alpha value is -2.32. The standard InChI is InChI=1S/C26H23FN2OS.Li/c27-19-13-10-17(11-14-19)25-21-8-4-5-9-23(21)31-24-15-12-18(16-22(24)29-25)26(30)28-20-6-2-1-3-7-20;/h4-5,8-16,20H,1-3,6-7H2,(H,28,30);/q;+1/p-1. The molecule has 1 heterocycles. The van der Waals surface area contributed by atoms with Crippen molar-refractivity contribution in [2.24, 2.45) is 4.99 Å². The minimum Gasteiger partial charge on any atom is -0.646 e. The van der Waals surface area contributed by atoms with Crippen LogP contribution >= 0.6 is 11.8 Å². The van der Waals surface area contributed by atoms with E-state index in [1.165, 1.54) is 18.6 Å². The van der Waals surface area contributed by atoms with Crippen LogP contribution in [-0.4, -0.2) is 17.7 Å². The topological polar surface area (TPSA) is 43.5 Å². The van der Waals surface area contributed by atoms with E-state index in [0.29, 0.717) is 5.56 Å². The molecule has 0 unspecified atom stereocenters. The van der Waals surface area contributed by atoms with Crippen molar-refractivity contribution < 1.29 is 28.0 Å². The minimum atomic E-state index is -0.279. The van der Waals surface area contributed by atoms with Gasteiger partial charge in [0.2, 0.25) is 0 Å². The van der Waals surface area contributed by atoms with Crippen LogP contribution in [0.5, 0.6) is 0 Å². The predicted molar refractivity (Wildman–Crippen MR) is 123 cm³/mol. The third-order valence-electron chi connectivity index (χ3n) is 5.79. The first kappa shape index (κ1) is 22.9. The molecule has 1 aliphatic carbocycles. The Balaban J connectivity index is 0.00000245. The summed E-state index contributed by atoms with van der Waals surface area (Å²) in [5.41, 5.74) is 3.92. The van der Waals surface area contributed by atoms with E-state index in [9.17, 15) is 9.18 Å². The Bertz CT molecular complexity index is 1160. The minimum absolute atomic E-state index is 0. The molecule has 5 rings (SSSR count). The van der Waals surface area contributed by atoms with Gasteiger partial charge in [-0.1, -0.05) is 68.1 Å². The van der Waals surface area contributed by atoms with Crippen molar-refractivity contribution in [3.05, 3.63) is 94.6 Å². The number of benzene rings is 3. The van der Waals surface area contributed by atoms with E-state index in [2.05, 4.69) is 11.4 Å². The molecule has 3 aromatic rings. The van der Waals surface area contributed by atoms with Gasteiger partial charge in [-0.05, 0) is 42.5 Å². The maximum atomic E-state index is 13.5. The molecular formula is C26H22FLiN2OS. The van der Waals surface area contributed by atoms with Gasteiger partial charge in [-0.25, -0.2) is 9.38 Å². The maximum absolute atomic E-state index is 13.5. The second-order valence-electron chi connectivity index (χ2n) is 7.97. The molecule has 0 spiro atoms. The first-order valence-electron chi connectivity index (χ1n) is 10.7. The molecule has 0 N–H and O–H groups in total. The molecular weight excluding hydrogens is 414 g/mol. The third kappa shape index (κ3) is 4.86. The fraction of sp³-hybridized carbons (Fsp3) is 0.231. The summed E-state index contributed by atoms with van der Waals surface area (Å²) in [7, 11) is 0. The average molecular weight is 436 g/mol. The summed E-state index contributed by atoms with van der Waals surface area (Å²) in [5.74, 6) is -0.446. The molecule has 0 bridgehead atoms. The van der Waals surface area contributed by atoms with Gasteiger partial charge in [0.1, 0.15) is 5.82 Å². The van der Waals surface area contributed by atoms with Crippen molar-refractivity contribution in [1.29, 1.82) is 0 Å². The van der Waals surface area contributed by atoms with E-state index in [0.717, 1.165) is 58.0 Å². The number of nitrogens with zero attached hydrogens (tertiary/aromatic N) is 2. The Labute approximate surface area is 204 Å². The van der Waals surface area contributed by atoms with Crippen molar-refractivity contribution >= 4 is 29.1 Å². The molecule has 3 aromatic carbocycles. The fourth-order valence-electron chi connectivity index (χ4n) is 4.15. The summed E-state index contributed by atoms with van der Waals surface area (Å²) < 4.78 is 13.5. The monoisotopic (exact) mass is 436 g/mol. The van der Waals surface area contributed by atoms with Crippen LogP contribution in [0.1, 0.15) is 53.6 Å². The predicted octanol–water partition coefficient (Wildman–Crippen LogP) is 4.31. The first-order chi connectivity index (χ1) is 15.2. The zero-order chi connectivity index (χ0) is 21.2. The quantitative estimate of drug-likeness (QED) is 0.449. The van der Waals surface area contributed by atoms with Crippen LogP contribution in [-0.2, 0) is 0 Å². The second-order valence-corrected chi connectivity index (χ2v) is 9.06. The number of rotatable bonds is 3. The number of hydrogen-bond acceptors (Lipinski definition) is 3. The summed E-state index contributed by atoms with van der Waals surface area (Å²) in [4.78, 5) is 19.8. The van der Waals surface area contributed by atoms with Crippen LogP contribution in [0.4, 0.5) is 10.1 Å². The molecule has 6 heteroatoms. The van der Waals surface area contributed by atoms with Crippen LogP contribution in [0.25, 0.3) is 5.32 Å². The fourth-order valence-corrected chi connectivity index (χ4v) is 5.16. The van der Waals surface area contributed by atoms with E-state index in [1.54, 1.807) is 23.9 Å². The number of aliphatic imine (C=N–C) groups is 1. The van der Waals surface area contributed by atoms with E-state index in [-0.39, 0.29) is 36.6 Å². The van der Waals surface area contributed by atoms with Gasteiger partial charge < -0.3 is 10.1 Å². The molecule has 1 amide bonds. The van der Waals surface area contributed by atoms with Gasteiger partial charge in [-0.2, -0.15) is 0 Å². The van der Waals surface area contributed by atoms with E-state index >= 15 is 0 Å². The third-order valence-corrected chi connectivity index (χ3v) is 6.93. The molecule has 1 saturated carbocycles. The van der Waals surface area contributed by atoms with Gasteiger partial charge in [0.25, 0.3) is 0 Å². The van der Waals surface area contributed by atoms with Gasteiger partial charge in [0, 0.05) is 26.5 Å². The van der Waals surface area contributed by atoms with E-state index in [4.69, 9.17) is 4.99 Å². The van der Waals surface area contributed by atoms with Crippen molar-refractivity contribution in [3.8, 4) is 0 Å². The van der Waals surface area contributed by atoms with Crippen molar-refractivity contribution in [3.63, 3.8) is 0 Å². The first-order valence-corrected chi connectivity index (χ1v) is 11.5. The number of amides is 1. The van der Waals surface area contributed by atoms with E-state index in [1.807, 2.05) is 36.4 Å². The van der Waals surface area contributed by atoms with Crippen molar-refractivity contribution in [1.82, 2.24) is 0 Å². The molecule has 0 radical (unpaired) electrons. The van der Waals surface area contributed by atoms with Crippen LogP contribution in [0, 0.1) is 5.82 Å². The maximum Gasteiger partial charge on any atom is 1.00 e. The van der Waals surface area contributed by atoms with Gasteiger partial charge in [-0.15, -0.1) is 6.04 Å².